The summed E-state index contributed by atoms with van der Waals surface area (Å²) in [6.45, 7) is 1.75. The molecule has 0 bridgehead atoms. The molecule has 0 spiro atoms. The fourth-order valence-corrected chi connectivity index (χ4v) is 3.10. The number of carbonyl (C=O) groups is 1. The van der Waals surface area contributed by atoms with Gasteiger partial charge in [0.05, 0.1) is 10.6 Å². The maximum absolute atomic E-state index is 12.3. The first-order valence-electron chi connectivity index (χ1n) is 5.98. The van der Waals surface area contributed by atoms with Crippen LogP contribution in [-0.4, -0.2) is 14.3 Å². The number of anilines is 1. The van der Waals surface area contributed by atoms with E-state index in [1.54, 1.807) is 25.1 Å². The smallest absolute Gasteiger partial charge is 0.261 e. The van der Waals surface area contributed by atoms with E-state index in [0.717, 1.165) is 0 Å². The number of hydrogen-bond donors (Lipinski definition) is 2. The lowest BCUT2D eigenvalue weighted by atomic mass is 10.2. The van der Waals surface area contributed by atoms with Gasteiger partial charge in [0.2, 0.25) is 5.91 Å². The third-order valence-electron chi connectivity index (χ3n) is 2.88. The zero-order valence-corrected chi connectivity index (χ0v) is 12.7. The number of amides is 1. The van der Waals surface area contributed by atoms with Crippen LogP contribution in [0.15, 0.2) is 47.4 Å². The molecule has 21 heavy (non-hydrogen) atoms. The molecule has 0 radical (unpaired) electrons. The summed E-state index contributed by atoms with van der Waals surface area (Å²) in [5, 5.41) is 0.529. The molecule has 0 saturated carbocycles. The first kappa shape index (κ1) is 15.3. The third kappa shape index (κ3) is 3.53. The van der Waals surface area contributed by atoms with Crippen LogP contribution in [0, 0.1) is 6.92 Å². The number of sulfonamides is 1. The molecule has 0 aliphatic carbocycles. The molecule has 0 unspecified atom stereocenters. The number of rotatable bonds is 4. The van der Waals surface area contributed by atoms with Crippen LogP contribution in [0.3, 0.4) is 0 Å². The van der Waals surface area contributed by atoms with Gasteiger partial charge in [0.15, 0.2) is 0 Å². The van der Waals surface area contributed by atoms with Crippen LogP contribution < -0.4 is 10.5 Å². The summed E-state index contributed by atoms with van der Waals surface area (Å²) in [4.78, 5) is 11.0. The van der Waals surface area contributed by atoms with Gasteiger partial charge in [-0.05, 0) is 55.0 Å². The summed E-state index contributed by atoms with van der Waals surface area (Å²) in [5.74, 6) is -0.611. The van der Waals surface area contributed by atoms with Crippen LogP contribution in [0.1, 0.15) is 15.9 Å². The average molecular weight is 325 g/mol. The van der Waals surface area contributed by atoms with Crippen LogP contribution >= 0.6 is 11.6 Å². The van der Waals surface area contributed by atoms with Crippen LogP contribution in [0.2, 0.25) is 5.02 Å². The molecule has 0 aromatic heterocycles. The first-order valence-corrected chi connectivity index (χ1v) is 7.84. The highest BCUT2D eigenvalue weighted by Gasteiger charge is 2.15. The van der Waals surface area contributed by atoms with Crippen LogP contribution in [0.25, 0.3) is 0 Å². The molecule has 2 aromatic carbocycles. The summed E-state index contributed by atoms with van der Waals surface area (Å²) in [6.07, 6.45) is 0. The topological polar surface area (TPSA) is 89.3 Å². The van der Waals surface area contributed by atoms with Crippen molar-refractivity contribution in [3.05, 3.63) is 58.6 Å². The SMILES string of the molecule is Cc1cc(Cl)ccc1NS(=O)(=O)c1ccc(C(N)=O)cc1. The molecular weight excluding hydrogens is 312 g/mol. The van der Waals surface area contributed by atoms with E-state index in [1.165, 1.54) is 24.3 Å². The zero-order chi connectivity index (χ0) is 15.6. The second-order valence-corrected chi connectivity index (χ2v) is 6.57. The Bertz CT molecular complexity index is 786. The van der Waals surface area contributed by atoms with Crippen LogP contribution in [0.4, 0.5) is 5.69 Å². The van der Waals surface area contributed by atoms with Crippen molar-refractivity contribution in [1.82, 2.24) is 0 Å². The minimum Gasteiger partial charge on any atom is -0.366 e. The van der Waals surface area contributed by atoms with Gasteiger partial charge in [-0.3, -0.25) is 9.52 Å². The van der Waals surface area contributed by atoms with Crippen molar-refractivity contribution in [2.45, 2.75) is 11.8 Å². The van der Waals surface area contributed by atoms with Crippen molar-refractivity contribution in [2.75, 3.05) is 4.72 Å². The highest BCUT2D eigenvalue weighted by Crippen LogP contribution is 2.23. The normalized spacial score (nSPS) is 11.1. The van der Waals surface area contributed by atoms with Crippen molar-refractivity contribution in [2.24, 2.45) is 5.73 Å². The summed E-state index contributed by atoms with van der Waals surface area (Å²) in [5.41, 5.74) is 6.51. The molecule has 0 saturated heterocycles. The van der Waals surface area contributed by atoms with E-state index >= 15 is 0 Å². The number of aryl methyl sites for hydroxylation is 1. The average Bonchev–Trinajstić information content (AvgIpc) is 2.42. The van der Waals surface area contributed by atoms with Gasteiger partial charge in [0, 0.05) is 10.6 Å². The van der Waals surface area contributed by atoms with E-state index in [1.807, 2.05) is 0 Å². The fraction of sp³-hybridized carbons (Fsp3) is 0.0714. The summed E-state index contributed by atoms with van der Waals surface area (Å²) < 4.78 is 27.0. The maximum Gasteiger partial charge on any atom is 0.261 e. The molecule has 0 fully saturated rings. The standard InChI is InChI=1S/C14H13ClN2O3S/c1-9-8-11(15)4-7-13(9)17-21(19,20)12-5-2-10(3-6-12)14(16)18/h2-8,17H,1H3,(H2,16,18). The van der Waals surface area contributed by atoms with Crippen molar-refractivity contribution >= 4 is 33.2 Å². The quantitative estimate of drug-likeness (QED) is 0.905. The first-order chi connectivity index (χ1) is 9.79. The molecule has 1 amide bonds. The molecule has 7 heteroatoms. The lowest BCUT2D eigenvalue weighted by Gasteiger charge is -2.11. The predicted molar refractivity (Wildman–Crippen MR) is 82.0 cm³/mol. The maximum atomic E-state index is 12.3. The van der Waals surface area contributed by atoms with Gasteiger partial charge in [0.1, 0.15) is 0 Å². The molecule has 5 nitrogen and oxygen atoms in total. The Morgan fingerprint density at radius 3 is 2.29 bits per heavy atom. The Labute approximate surface area is 127 Å². The molecular formula is C14H13ClN2O3S. The number of hydrogen-bond acceptors (Lipinski definition) is 3. The van der Waals surface area contributed by atoms with E-state index in [-0.39, 0.29) is 10.5 Å². The number of primary amides is 1. The number of benzene rings is 2. The van der Waals surface area contributed by atoms with Gasteiger partial charge in [-0.15, -0.1) is 0 Å². The zero-order valence-electron chi connectivity index (χ0n) is 11.1. The molecule has 110 valence electrons. The minimum atomic E-state index is -3.74. The second kappa shape index (κ2) is 5.75. The summed E-state index contributed by atoms with van der Waals surface area (Å²) in [7, 11) is -3.74. The van der Waals surface area contributed by atoms with E-state index < -0.39 is 15.9 Å². The predicted octanol–water partition coefficient (Wildman–Crippen LogP) is 2.55. The van der Waals surface area contributed by atoms with Gasteiger partial charge < -0.3 is 5.73 Å². The lowest BCUT2D eigenvalue weighted by Crippen LogP contribution is -2.15. The van der Waals surface area contributed by atoms with Gasteiger partial charge in [-0.25, -0.2) is 8.42 Å². The Morgan fingerprint density at radius 1 is 1.14 bits per heavy atom. The number of halogens is 1. The highest BCUT2D eigenvalue weighted by atomic mass is 35.5. The van der Waals surface area contributed by atoms with Gasteiger partial charge in [-0.2, -0.15) is 0 Å². The van der Waals surface area contributed by atoms with E-state index in [2.05, 4.69) is 4.72 Å². The number of nitrogens with one attached hydrogen (secondary N) is 1. The highest BCUT2D eigenvalue weighted by molar-refractivity contribution is 7.92. The summed E-state index contributed by atoms with van der Waals surface area (Å²) in [6, 6.07) is 10.2. The molecule has 3 N–H and O–H groups in total. The fourth-order valence-electron chi connectivity index (χ4n) is 1.74. The Morgan fingerprint density at radius 2 is 1.76 bits per heavy atom. The Balaban J connectivity index is 2.31. The largest absolute Gasteiger partial charge is 0.366 e. The molecule has 2 aromatic rings. The Kier molecular flexibility index (Phi) is 4.20. The molecule has 0 aliphatic heterocycles. The van der Waals surface area contributed by atoms with Crippen molar-refractivity contribution in [3.63, 3.8) is 0 Å². The monoisotopic (exact) mass is 324 g/mol. The molecule has 2 rings (SSSR count). The molecule has 0 heterocycles. The van der Waals surface area contributed by atoms with Crippen molar-refractivity contribution in [3.8, 4) is 0 Å². The minimum absolute atomic E-state index is 0.0434. The summed E-state index contributed by atoms with van der Waals surface area (Å²) >= 11 is 5.83. The van der Waals surface area contributed by atoms with Crippen molar-refractivity contribution < 1.29 is 13.2 Å². The van der Waals surface area contributed by atoms with Crippen molar-refractivity contribution in [1.29, 1.82) is 0 Å². The van der Waals surface area contributed by atoms with E-state index in [9.17, 15) is 13.2 Å². The second-order valence-electron chi connectivity index (χ2n) is 4.45. The molecule has 0 aliphatic rings. The van der Waals surface area contributed by atoms with Gasteiger partial charge in [-0.1, -0.05) is 11.6 Å². The Hall–Kier alpha value is -2.05. The van der Waals surface area contributed by atoms with Gasteiger partial charge >= 0.3 is 0 Å². The van der Waals surface area contributed by atoms with Gasteiger partial charge in [0.25, 0.3) is 10.0 Å². The lowest BCUT2D eigenvalue weighted by molar-refractivity contribution is 0.1000. The van der Waals surface area contributed by atoms with Crippen LogP contribution in [0.5, 0.6) is 0 Å². The third-order valence-corrected chi connectivity index (χ3v) is 4.50. The number of nitrogens with two attached hydrogens (primary N) is 1. The molecule has 0 atom stereocenters. The van der Waals surface area contributed by atoms with E-state index in [0.29, 0.717) is 16.3 Å². The number of carbonyl (C=O) groups excluding carboxylic acids is 1. The van der Waals surface area contributed by atoms with E-state index in [4.69, 9.17) is 17.3 Å². The van der Waals surface area contributed by atoms with Crippen LogP contribution in [-0.2, 0) is 10.0 Å².